The topological polar surface area (TPSA) is 31.2 Å². The lowest BCUT2D eigenvalue weighted by Crippen LogP contribution is -2.21. The Labute approximate surface area is 168 Å². The monoisotopic (exact) mass is 387 g/mol. The van der Waals surface area contributed by atoms with Gasteiger partial charge in [0, 0.05) is 33.6 Å². The van der Waals surface area contributed by atoms with E-state index in [0.29, 0.717) is 22.8 Å². The summed E-state index contributed by atoms with van der Waals surface area (Å²) in [7, 11) is 0. The van der Waals surface area contributed by atoms with Gasteiger partial charge in [-0.3, -0.25) is 9.36 Å². The lowest BCUT2D eigenvalue weighted by Gasteiger charge is -2.14. The van der Waals surface area contributed by atoms with E-state index in [1.54, 1.807) is 10.6 Å². The van der Waals surface area contributed by atoms with Crippen LogP contribution in [-0.4, -0.2) is 4.57 Å². The fourth-order valence-electron chi connectivity index (χ4n) is 3.05. The lowest BCUT2D eigenvalue weighted by atomic mass is 10.1. The molecule has 1 heterocycles. The highest BCUT2D eigenvalue weighted by Gasteiger charge is 2.13. The zero-order valence-corrected chi connectivity index (χ0v) is 15.8. The van der Waals surface area contributed by atoms with Crippen molar-refractivity contribution < 1.29 is 4.74 Å². The Bertz CT molecular complexity index is 1140. The summed E-state index contributed by atoms with van der Waals surface area (Å²) in [5.74, 6) is 0.777. The van der Waals surface area contributed by atoms with Crippen LogP contribution in [0, 0.1) is 0 Å². The lowest BCUT2D eigenvalue weighted by molar-refractivity contribution is 0.305. The highest BCUT2D eigenvalue weighted by Crippen LogP contribution is 2.26. The minimum Gasteiger partial charge on any atom is -0.489 e. The number of aromatic nitrogens is 1. The third-order valence-electron chi connectivity index (χ3n) is 4.42. The maximum absolute atomic E-state index is 13.2. The maximum atomic E-state index is 13.2. The number of benzene rings is 3. The normalized spacial score (nSPS) is 10.6. The molecule has 3 aromatic carbocycles. The van der Waals surface area contributed by atoms with Gasteiger partial charge >= 0.3 is 0 Å². The first-order chi connectivity index (χ1) is 13.7. The molecule has 0 fully saturated rings. The van der Waals surface area contributed by atoms with Crippen LogP contribution in [0.2, 0.25) is 5.02 Å². The van der Waals surface area contributed by atoms with Crippen molar-refractivity contribution in [3.8, 4) is 22.6 Å². The summed E-state index contributed by atoms with van der Waals surface area (Å²) in [4.78, 5) is 13.2. The van der Waals surface area contributed by atoms with E-state index in [1.807, 2.05) is 91.1 Å². The highest BCUT2D eigenvalue weighted by molar-refractivity contribution is 6.33. The molecular formula is C24H18ClNO2. The van der Waals surface area contributed by atoms with Crippen molar-refractivity contribution in [1.29, 1.82) is 0 Å². The fraction of sp³-hybridized carbons (Fsp3) is 0.0417. The van der Waals surface area contributed by atoms with E-state index in [0.717, 1.165) is 17.0 Å². The Morgan fingerprint density at radius 1 is 0.786 bits per heavy atom. The van der Waals surface area contributed by atoms with Gasteiger partial charge < -0.3 is 4.74 Å². The first kappa shape index (κ1) is 18.1. The molecule has 4 heteroatoms. The minimum atomic E-state index is -0.122. The molecule has 0 aliphatic heterocycles. The second-order valence-electron chi connectivity index (χ2n) is 6.35. The van der Waals surface area contributed by atoms with Gasteiger partial charge in [0.2, 0.25) is 0 Å². The van der Waals surface area contributed by atoms with Gasteiger partial charge in [0.05, 0.1) is 0 Å². The van der Waals surface area contributed by atoms with E-state index in [-0.39, 0.29) is 5.56 Å². The molecule has 0 radical (unpaired) electrons. The average Bonchev–Trinajstić information content (AvgIpc) is 2.75. The Morgan fingerprint density at radius 2 is 1.43 bits per heavy atom. The summed E-state index contributed by atoms with van der Waals surface area (Å²) >= 11 is 6.37. The number of rotatable bonds is 5. The molecule has 0 spiro atoms. The van der Waals surface area contributed by atoms with Crippen molar-refractivity contribution >= 4 is 11.6 Å². The van der Waals surface area contributed by atoms with E-state index >= 15 is 0 Å². The number of para-hydroxylation sites is 2. The van der Waals surface area contributed by atoms with Gasteiger partial charge in [-0.15, -0.1) is 0 Å². The molecule has 0 atom stereocenters. The van der Waals surface area contributed by atoms with Gasteiger partial charge in [-0.1, -0.05) is 66.2 Å². The summed E-state index contributed by atoms with van der Waals surface area (Å²) in [6, 6.07) is 28.4. The molecular weight excluding hydrogens is 370 g/mol. The molecule has 0 saturated heterocycles. The summed E-state index contributed by atoms with van der Waals surface area (Å²) in [5, 5.41) is 0.542. The van der Waals surface area contributed by atoms with Crippen molar-refractivity contribution in [3.63, 3.8) is 0 Å². The smallest absolute Gasteiger partial charge is 0.263 e. The molecule has 0 saturated carbocycles. The van der Waals surface area contributed by atoms with Crippen LogP contribution in [0.4, 0.5) is 0 Å². The van der Waals surface area contributed by atoms with Crippen LogP contribution >= 0.6 is 11.6 Å². The van der Waals surface area contributed by atoms with E-state index < -0.39 is 0 Å². The molecule has 0 bridgehead atoms. The number of hydrogen-bond acceptors (Lipinski definition) is 2. The molecule has 3 nitrogen and oxygen atoms in total. The molecule has 4 aromatic rings. The SMILES string of the molecule is O=c1c(-c2ccccc2Cl)cc(COc2ccccc2)cn1-c1ccccc1. The number of ether oxygens (including phenoxy) is 1. The van der Waals surface area contributed by atoms with E-state index in [9.17, 15) is 4.79 Å². The van der Waals surface area contributed by atoms with Crippen LogP contribution < -0.4 is 10.3 Å². The third kappa shape index (κ3) is 3.85. The van der Waals surface area contributed by atoms with Crippen molar-refractivity contribution in [1.82, 2.24) is 4.57 Å². The highest BCUT2D eigenvalue weighted by atomic mass is 35.5. The van der Waals surface area contributed by atoms with Crippen LogP contribution in [0.3, 0.4) is 0 Å². The second-order valence-corrected chi connectivity index (χ2v) is 6.76. The Morgan fingerprint density at radius 3 is 2.14 bits per heavy atom. The fourth-order valence-corrected chi connectivity index (χ4v) is 3.29. The summed E-state index contributed by atoms with van der Waals surface area (Å²) in [5.41, 5.74) is 2.80. The minimum absolute atomic E-state index is 0.122. The number of pyridine rings is 1. The summed E-state index contributed by atoms with van der Waals surface area (Å²) < 4.78 is 7.54. The molecule has 0 unspecified atom stereocenters. The van der Waals surface area contributed by atoms with Crippen molar-refractivity contribution in [2.45, 2.75) is 6.61 Å². The third-order valence-corrected chi connectivity index (χ3v) is 4.75. The van der Waals surface area contributed by atoms with Crippen molar-refractivity contribution in [2.75, 3.05) is 0 Å². The predicted molar refractivity (Wildman–Crippen MR) is 113 cm³/mol. The zero-order chi connectivity index (χ0) is 19.3. The van der Waals surface area contributed by atoms with Crippen LogP contribution in [0.15, 0.2) is 102 Å². The van der Waals surface area contributed by atoms with Crippen molar-refractivity contribution in [2.24, 2.45) is 0 Å². The van der Waals surface area contributed by atoms with Crippen molar-refractivity contribution in [3.05, 3.63) is 118 Å². The molecule has 0 aliphatic carbocycles. The molecule has 0 N–H and O–H groups in total. The Hall–Kier alpha value is -3.30. The van der Waals surface area contributed by atoms with Gasteiger partial charge in [0.15, 0.2) is 0 Å². The molecule has 28 heavy (non-hydrogen) atoms. The van der Waals surface area contributed by atoms with Crippen LogP contribution in [0.5, 0.6) is 5.75 Å². The number of nitrogens with zero attached hydrogens (tertiary/aromatic N) is 1. The quantitative estimate of drug-likeness (QED) is 0.437. The van der Waals surface area contributed by atoms with E-state index in [4.69, 9.17) is 16.3 Å². The van der Waals surface area contributed by atoms with E-state index in [2.05, 4.69) is 0 Å². The Kier molecular flexibility index (Phi) is 5.27. The molecule has 1 aromatic heterocycles. The van der Waals surface area contributed by atoms with Crippen LogP contribution in [0.25, 0.3) is 16.8 Å². The standard InChI is InChI=1S/C24H18ClNO2/c25-23-14-8-7-13-21(23)22-15-18(17-28-20-11-5-2-6-12-20)16-26(24(22)27)19-9-3-1-4-10-19/h1-16H,17H2. The predicted octanol–water partition coefficient (Wildman–Crippen LogP) is 5.74. The zero-order valence-electron chi connectivity index (χ0n) is 15.1. The average molecular weight is 388 g/mol. The number of hydrogen-bond donors (Lipinski definition) is 0. The summed E-state index contributed by atoms with van der Waals surface area (Å²) in [6.07, 6.45) is 1.82. The van der Waals surface area contributed by atoms with Gasteiger partial charge in [-0.2, -0.15) is 0 Å². The second kappa shape index (κ2) is 8.15. The van der Waals surface area contributed by atoms with Gasteiger partial charge in [0.1, 0.15) is 12.4 Å². The largest absolute Gasteiger partial charge is 0.489 e. The molecule has 4 rings (SSSR count). The molecule has 138 valence electrons. The van der Waals surface area contributed by atoms with Gasteiger partial charge in [-0.25, -0.2) is 0 Å². The number of halogens is 1. The first-order valence-corrected chi connectivity index (χ1v) is 9.34. The Balaban J connectivity index is 1.81. The van der Waals surface area contributed by atoms with E-state index in [1.165, 1.54) is 0 Å². The maximum Gasteiger partial charge on any atom is 0.263 e. The van der Waals surface area contributed by atoms with Gasteiger partial charge in [-0.05, 0) is 36.4 Å². The van der Waals surface area contributed by atoms with Crippen LogP contribution in [0.1, 0.15) is 5.56 Å². The molecule has 0 aliphatic rings. The first-order valence-electron chi connectivity index (χ1n) is 8.96. The molecule has 0 amide bonds. The van der Waals surface area contributed by atoms with Crippen LogP contribution in [-0.2, 0) is 6.61 Å². The van der Waals surface area contributed by atoms with Gasteiger partial charge in [0.25, 0.3) is 5.56 Å². The summed E-state index contributed by atoms with van der Waals surface area (Å²) in [6.45, 7) is 0.342.